The van der Waals surface area contributed by atoms with Crippen LogP contribution in [-0.4, -0.2) is 17.1 Å². The summed E-state index contributed by atoms with van der Waals surface area (Å²) in [6.07, 6.45) is -1.09. The zero-order valence-electron chi connectivity index (χ0n) is 7.17. The first-order chi connectivity index (χ1) is 6.68. The Balaban J connectivity index is 2.38. The van der Waals surface area contributed by atoms with E-state index in [1.807, 2.05) is 0 Å². The second kappa shape index (κ2) is 3.10. The Hall–Kier alpha value is -1.91. The van der Waals surface area contributed by atoms with Gasteiger partial charge in [0.05, 0.1) is 16.9 Å². The van der Waals surface area contributed by atoms with Gasteiger partial charge >= 0.3 is 12.2 Å². The van der Waals surface area contributed by atoms with Crippen molar-refractivity contribution in [3.8, 4) is 0 Å². The van der Waals surface area contributed by atoms with Crippen molar-refractivity contribution in [1.29, 1.82) is 0 Å². The highest BCUT2D eigenvalue weighted by Gasteiger charge is 2.32. The van der Waals surface area contributed by atoms with E-state index < -0.39 is 17.1 Å². The van der Waals surface area contributed by atoms with Crippen molar-refractivity contribution in [2.45, 2.75) is 12.6 Å². The normalized spacial score (nSPS) is 19.7. The van der Waals surface area contributed by atoms with Crippen molar-refractivity contribution in [3.63, 3.8) is 0 Å². The van der Waals surface area contributed by atoms with Crippen LogP contribution < -0.4 is 0 Å². The molecule has 0 saturated heterocycles. The second-order valence-corrected chi connectivity index (χ2v) is 3.01. The van der Waals surface area contributed by atoms with Crippen LogP contribution in [0.3, 0.4) is 0 Å². The highest BCUT2D eigenvalue weighted by Crippen LogP contribution is 2.20. The molecule has 2 rings (SSSR count). The number of benzene rings is 1. The highest BCUT2D eigenvalue weighted by atomic mass is 16.7. The van der Waals surface area contributed by atoms with Crippen LogP contribution in [-0.2, 0) is 11.2 Å². The molecule has 1 aliphatic heterocycles. The van der Waals surface area contributed by atoms with Gasteiger partial charge in [0.1, 0.15) is 0 Å². The largest absolute Gasteiger partial charge is 0.394 e. The third kappa shape index (κ3) is 1.32. The first-order valence-corrected chi connectivity index (χ1v) is 4.11. The molecule has 1 atom stereocenters. The van der Waals surface area contributed by atoms with E-state index in [1.54, 1.807) is 24.3 Å². The number of fused-ring (bicyclic) bond motifs is 1. The Kier molecular flexibility index (Phi) is 1.92. The molecule has 0 amide bonds. The van der Waals surface area contributed by atoms with Crippen molar-refractivity contribution in [3.05, 3.63) is 45.5 Å². The molecular formula is C9H7NO4. The zero-order chi connectivity index (χ0) is 10.1. The topological polar surface area (TPSA) is 69.4 Å². The Morgan fingerprint density at radius 2 is 2.14 bits per heavy atom. The third-order valence-electron chi connectivity index (χ3n) is 2.11. The van der Waals surface area contributed by atoms with Gasteiger partial charge in [-0.25, -0.2) is 4.79 Å². The minimum absolute atomic E-state index is 0.148. The lowest BCUT2D eigenvalue weighted by Crippen LogP contribution is -2.33. The summed E-state index contributed by atoms with van der Waals surface area (Å²) in [4.78, 5) is 21.1. The number of esters is 1. The maximum absolute atomic E-state index is 11.3. The molecule has 0 radical (unpaired) electrons. The fourth-order valence-electron chi connectivity index (χ4n) is 1.43. The number of nitrogens with zero attached hydrogens (tertiary/aromatic N) is 1. The van der Waals surface area contributed by atoms with Gasteiger partial charge in [-0.3, -0.25) is 10.1 Å². The molecule has 0 N–H and O–H groups in total. The van der Waals surface area contributed by atoms with E-state index in [1.165, 1.54) is 0 Å². The number of carbonyl (C=O) groups is 1. The molecule has 0 bridgehead atoms. The summed E-state index contributed by atoms with van der Waals surface area (Å²) in [6.45, 7) is 0. The fraction of sp³-hybridized carbons (Fsp3) is 0.222. The van der Waals surface area contributed by atoms with Gasteiger partial charge in [-0.05, 0) is 11.6 Å². The second-order valence-electron chi connectivity index (χ2n) is 3.01. The van der Waals surface area contributed by atoms with Gasteiger partial charge in [0.25, 0.3) is 0 Å². The predicted molar refractivity (Wildman–Crippen MR) is 46.3 cm³/mol. The summed E-state index contributed by atoms with van der Waals surface area (Å²) >= 11 is 0. The molecule has 0 aliphatic carbocycles. The Bertz CT molecular complexity index is 402. The van der Waals surface area contributed by atoms with Crippen LogP contribution in [0, 0.1) is 10.1 Å². The molecule has 1 aromatic rings. The van der Waals surface area contributed by atoms with Gasteiger partial charge in [-0.1, -0.05) is 18.2 Å². The van der Waals surface area contributed by atoms with E-state index in [0.29, 0.717) is 11.1 Å². The summed E-state index contributed by atoms with van der Waals surface area (Å²) in [5, 5.41) is 10.4. The molecule has 1 aliphatic rings. The van der Waals surface area contributed by atoms with E-state index in [2.05, 4.69) is 4.74 Å². The van der Waals surface area contributed by atoms with Gasteiger partial charge in [0.15, 0.2) is 0 Å². The molecule has 72 valence electrons. The van der Waals surface area contributed by atoms with Gasteiger partial charge in [0, 0.05) is 0 Å². The minimum atomic E-state index is -1.24. The molecular weight excluding hydrogens is 186 g/mol. The van der Waals surface area contributed by atoms with E-state index >= 15 is 0 Å². The first-order valence-electron chi connectivity index (χ1n) is 4.11. The number of ether oxygens (including phenoxy) is 1. The minimum Gasteiger partial charge on any atom is -0.394 e. The van der Waals surface area contributed by atoms with Gasteiger partial charge in [-0.15, -0.1) is 0 Å². The molecule has 0 fully saturated rings. The Morgan fingerprint density at radius 3 is 2.86 bits per heavy atom. The molecule has 0 saturated carbocycles. The molecule has 0 aromatic heterocycles. The van der Waals surface area contributed by atoms with Gasteiger partial charge in [-0.2, -0.15) is 0 Å². The average Bonchev–Trinajstić information content (AvgIpc) is 2.17. The molecule has 14 heavy (non-hydrogen) atoms. The average molecular weight is 193 g/mol. The van der Waals surface area contributed by atoms with Crippen LogP contribution in [0.1, 0.15) is 15.9 Å². The smallest absolute Gasteiger partial charge is 0.360 e. The predicted octanol–water partition coefficient (Wildman–Crippen LogP) is 1.00. The molecule has 0 spiro atoms. The lowest BCUT2D eigenvalue weighted by atomic mass is 10.0. The standard InChI is InChI=1S/C9H7NO4/c11-9-7-4-2-1-3-6(7)5-8(14-9)10(12)13/h1-4,8H,5H2/t8-/m1/s1. The quantitative estimate of drug-likeness (QED) is 0.379. The zero-order valence-corrected chi connectivity index (χ0v) is 7.17. The van der Waals surface area contributed by atoms with Crippen molar-refractivity contribution in [2.24, 2.45) is 0 Å². The van der Waals surface area contributed by atoms with Gasteiger partial charge in [0.2, 0.25) is 0 Å². The summed E-state index contributed by atoms with van der Waals surface area (Å²) in [5.41, 5.74) is 1.09. The molecule has 0 unspecified atom stereocenters. The summed E-state index contributed by atoms with van der Waals surface area (Å²) in [5.74, 6) is -0.617. The van der Waals surface area contributed by atoms with Crippen molar-refractivity contribution in [1.82, 2.24) is 0 Å². The van der Waals surface area contributed by atoms with Gasteiger partial charge < -0.3 is 4.74 Å². The number of carbonyl (C=O) groups excluding carboxylic acids is 1. The van der Waals surface area contributed by atoms with Crippen LogP contribution in [0.4, 0.5) is 0 Å². The van der Waals surface area contributed by atoms with Crippen molar-refractivity contribution >= 4 is 5.97 Å². The lowest BCUT2D eigenvalue weighted by molar-refractivity contribution is -0.567. The van der Waals surface area contributed by atoms with E-state index in [9.17, 15) is 14.9 Å². The summed E-state index contributed by atoms with van der Waals surface area (Å²) in [6, 6.07) is 6.75. The van der Waals surface area contributed by atoms with Crippen molar-refractivity contribution < 1.29 is 14.5 Å². The number of hydrogen-bond acceptors (Lipinski definition) is 4. The highest BCUT2D eigenvalue weighted by molar-refractivity contribution is 5.92. The summed E-state index contributed by atoms with van der Waals surface area (Å²) in [7, 11) is 0. The first kappa shape index (κ1) is 8.68. The number of nitro groups is 1. The van der Waals surface area contributed by atoms with Crippen LogP contribution in [0.25, 0.3) is 0 Å². The van der Waals surface area contributed by atoms with Crippen LogP contribution >= 0.6 is 0 Å². The number of hydrogen-bond donors (Lipinski definition) is 0. The maximum atomic E-state index is 11.3. The maximum Gasteiger partial charge on any atom is 0.360 e. The molecule has 1 aromatic carbocycles. The molecule has 5 heteroatoms. The Morgan fingerprint density at radius 1 is 1.43 bits per heavy atom. The SMILES string of the molecule is O=C1O[C@@H]([N+](=O)[O-])Cc2ccccc21. The summed E-state index contributed by atoms with van der Waals surface area (Å²) < 4.78 is 4.64. The monoisotopic (exact) mass is 193 g/mol. The van der Waals surface area contributed by atoms with E-state index in [4.69, 9.17) is 0 Å². The third-order valence-corrected chi connectivity index (χ3v) is 2.11. The lowest BCUT2D eigenvalue weighted by Gasteiger charge is -2.18. The van der Waals surface area contributed by atoms with Crippen molar-refractivity contribution in [2.75, 3.05) is 0 Å². The van der Waals surface area contributed by atoms with E-state index in [0.717, 1.165) is 0 Å². The molecule has 5 nitrogen and oxygen atoms in total. The fourth-order valence-corrected chi connectivity index (χ4v) is 1.43. The number of cyclic esters (lactones) is 1. The molecule has 1 heterocycles. The van der Waals surface area contributed by atoms with Crippen LogP contribution in [0.5, 0.6) is 0 Å². The van der Waals surface area contributed by atoms with Crippen LogP contribution in [0.2, 0.25) is 0 Å². The Labute approximate surface area is 79.4 Å². The van der Waals surface area contributed by atoms with Crippen LogP contribution in [0.15, 0.2) is 24.3 Å². The van der Waals surface area contributed by atoms with E-state index in [-0.39, 0.29) is 6.42 Å². The number of rotatable bonds is 1.